The number of hydrogen-bond donors (Lipinski definition) is 1. The van der Waals surface area contributed by atoms with Crippen LogP contribution in [0.3, 0.4) is 0 Å². The van der Waals surface area contributed by atoms with Crippen molar-refractivity contribution >= 4 is 17.5 Å². The van der Waals surface area contributed by atoms with Crippen LogP contribution >= 0.6 is 0 Å². The Morgan fingerprint density at radius 2 is 2.16 bits per heavy atom. The number of nitrogens with one attached hydrogen (secondary N) is 1. The lowest BCUT2D eigenvalue weighted by Crippen LogP contribution is -2.19. The molecule has 2 rings (SSSR count). The maximum Gasteiger partial charge on any atom is 0.224 e. The molecule has 1 aromatic carbocycles. The van der Waals surface area contributed by atoms with E-state index in [0.29, 0.717) is 12.5 Å². The summed E-state index contributed by atoms with van der Waals surface area (Å²) >= 11 is 0. The molecule has 0 aliphatic carbocycles. The summed E-state index contributed by atoms with van der Waals surface area (Å²) in [7, 11) is 1.71. The van der Waals surface area contributed by atoms with E-state index in [1.54, 1.807) is 7.05 Å². The second kappa shape index (κ2) is 5.65. The molecule has 5 heteroatoms. The van der Waals surface area contributed by atoms with Crippen LogP contribution < -0.4 is 10.2 Å². The standard InChI is InChI=1S/C14H17FN4/c1-4-19(11-7-5-6-10(2)8-11)13-12(15)9-17-14(16-3)18-13/h5-9H,4H2,1-3H3,(H,16,17,18). The van der Waals surface area contributed by atoms with E-state index in [1.165, 1.54) is 6.20 Å². The van der Waals surface area contributed by atoms with Gasteiger partial charge in [-0.25, -0.2) is 9.37 Å². The van der Waals surface area contributed by atoms with Gasteiger partial charge >= 0.3 is 0 Å². The normalized spacial score (nSPS) is 10.3. The van der Waals surface area contributed by atoms with Crippen LogP contribution in [0.1, 0.15) is 12.5 Å². The van der Waals surface area contributed by atoms with Crippen LogP contribution in [0.15, 0.2) is 30.5 Å². The summed E-state index contributed by atoms with van der Waals surface area (Å²) in [5, 5.41) is 2.82. The topological polar surface area (TPSA) is 41.1 Å². The Balaban J connectivity index is 2.47. The van der Waals surface area contributed by atoms with Crippen LogP contribution in [0.2, 0.25) is 0 Å². The van der Waals surface area contributed by atoms with Gasteiger partial charge in [0.25, 0.3) is 0 Å². The summed E-state index contributed by atoms with van der Waals surface area (Å²) in [5.41, 5.74) is 2.04. The van der Waals surface area contributed by atoms with Gasteiger partial charge in [0.15, 0.2) is 11.6 Å². The van der Waals surface area contributed by atoms with E-state index in [9.17, 15) is 4.39 Å². The van der Waals surface area contributed by atoms with Crippen LogP contribution in [-0.4, -0.2) is 23.6 Å². The summed E-state index contributed by atoms with van der Waals surface area (Å²) in [6, 6.07) is 7.90. The molecule has 0 amide bonds. The van der Waals surface area contributed by atoms with Crippen molar-refractivity contribution in [3.05, 3.63) is 41.8 Å². The van der Waals surface area contributed by atoms with Gasteiger partial charge in [0.05, 0.1) is 6.20 Å². The zero-order valence-corrected chi connectivity index (χ0v) is 11.3. The summed E-state index contributed by atoms with van der Waals surface area (Å²) in [6.07, 6.45) is 1.19. The van der Waals surface area contributed by atoms with Crippen LogP contribution in [0, 0.1) is 12.7 Å². The zero-order valence-electron chi connectivity index (χ0n) is 11.3. The zero-order chi connectivity index (χ0) is 13.8. The molecule has 0 aliphatic heterocycles. The fraction of sp³-hybridized carbons (Fsp3) is 0.286. The number of benzene rings is 1. The number of nitrogens with zero attached hydrogens (tertiary/aromatic N) is 3. The van der Waals surface area contributed by atoms with Gasteiger partial charge in [-0.05, 0) is 31.5 Å². The molecular formula is C14H17FN4. The summed E-state index contributed by atoms with van der Waals surface area (Å²) in [6.45, 7) is 4.59. The largest absolute Gasteiger partial charge is 0.357 e. The molecule has 1 heterocycles. The van der Waals surface area contributed by atoms with Crippen molar-refractivity contribution in [3.63, 3.8) is 0 Å². The van der Waals surface area contributed by atoms with Gasteiger partial charge in [-0.2, -0.15) is 4.98 Å². The van der Waals surface area contributed by atoms with Gasteiger partial charge in [0.2, 0.25) is 5.95 Å². The van der Waals surface area contributed by atoms with E-state index in [0.717, 1.165) is 11.3 Å². The minimum atomic E-state index is -0.428. The predicted molar refractivity (Wildman–Crippen MR) is 75.4 cm³/mol. The highest BCUT2D eigenvalue weighted by molar-refractivity contribution is 5.61. The molecule has 2 aromatic rings. The predicted octanol–water partition coefficient (Wildman–Crippen LogP) is 3.12. The quantitative estimate of drug-likeness (QED) is 0.917. The Morgan fingerprint density at radius 1 is 1.37 bits per heavy atom. The van der Waals surface area contributed by atoms with E-state index in [4.69, 9.17) is 0 Å². The number of halogens is 1. The van der Waals surface area contributed by atoms with E-state index in [-0.39, 0.29) is 5.82 Å². The molecule has 0 saturated heterocycles. The first-order valence-corrected chi connectivity index (χ1v) is 6.20. The van der Waals surface area contributed by atoms with Crippen molar-refractivity contribution in [3.8, 4) is 0 Å². The molecule has 100 valence electrons. The van der Waals surface area contributed by atoms with E-state index >= 15 is 0 Å². The van der Waals surface area contributed by atoms with Crippen molar-refractivity contribution in [2.45, 2.75) is 13.8 Å². The summed E-state index contributed by atoms with van der Waals surface area (Å²) in [5.74, 6) is 0.261. The van der Waals surface area contributed by atoms with Crippen molar-refractivity contribution in [1.29, 1.82) is 0 Å². The molecule has 0 spiro atoms. The SMILES string of the molecule is CCN(c1cccc(C)c1)c1nc(NC)ncc1F. The number of hydrogen-bond acceptors (Lipinski definition) is 4. The van der Waals surface area contributed by atoms with Gasteiger partial charge in [-0.3, -0.25) is 0 Å². The molecular weight excluding hydrogens is 243 g/mol. The lowest BCUT2D eigenvalue weighted by Gasteiger charge is -2.23. The average molecular weight is 260 g/mol. The third-order valence-electron chi connectivity index (χ3n) is 2.83. The molecule has 0 fully saturated rings. The van der Waals surface area contributed by atoms with Crippen LogP contribution in [0.5, 0.6) is 0 Å². The third-order valence-corrected chi connectivity index (χ3v) is 2.83. The monoisotopic (exact) mass is 260 g/mol. The Morgan fingerprint density at radius 3 is 2.79 bits per heavy atom. The highest BCUT2D eigenvalue weighted by Gasteiger charge is 2.15. The van der Waals surface area contributed by atoms with Gasteiger partial charge in [0.1, 0.15) is 0 Å². The molecule has 0 unspecified atom stereocenters. The van der Waals surface area contributed by atoms with Gasteiger partial charge in [0, 0.05) is 19.3 Å². The van der Waals surface area contributed by atoms with Crippen molar-refractivity contribution in [1.82, 2.24) is 9.97 Å². The summed E-state index contributed by atoms with van der Waals surface area (Å²) in [4.78, 5) is 9.88. The van der Waals surface area contributed by atoms with Crippen LogP contribution in [-0.2, 0) is 0 Å². The number of aromatic nitrogens is 2. The first kappa shape index (κ1) is 13.3. The minimum Gasteiger partial charge on any atom is -0.357 e. The van der Waals surface area contributed by atoms with Crippen molar-refractivity contribution in [2.75, 3.05) is 23.8 Å². The average Bonchev–Trinajstić information content (AvgIpc) is 2.42. The maximum absolute atomic E-state index is 13.9. The van der Waals surface area contributed by atoms with Crippen molar-refractivity contribution in [2.24, 2.45) is 0 Å². The molecule has 1 N–H and O–H groups in total. The molecule has 4 nitrogen and oxygen atoms in total. The Hall–Kier alpha value is -2.17. The van der Waals surface area contributed by atoms with E-state index in [1.807, 2.05) is 43.0 Å². The molecule has 0 atom stereocenters. The smallest absolute Gasteiger partial charge is 0.224 e. The molecule has 0 saturated carbocycles. The van der Waals surface area contributed by atoms with Crippen LogP contribution in [0.4, 0.5) is 21.8 Å². The first-order chi connectivity index (χ1) is 9.15. The maximum atomic E-state index is 13.9. The molecule has 0 aliphatic rings. The third kappa shape index (κ3) is 2.81. The van der Waals surface area contributed by atoms with Crippen molar-refractivity contribution < 1.29 is 4.39 Å². The molecule has 0 bridgehead atoms. The summed E-state index contributed by atoms with van der Waals surface area (Å²) < 4.78 is 13.9. The van der Waals surface area contributed by atoms with Gasteiger partial charge in [-0.1, -0.05) is 12.1 Å². The highest BCUT2D eigenvalue weighted by atomic mass is 19.1. The number of aryl methyl sites for hydroxylation is 1. The second-order valence-electron chi connectivity index (χ2n) is 4.20. The number of rotatable bonds is 4. The Bertz CT molecular complexity index is 571. The minimum absolute atomic E-state index is 0.285. The van der Waals surface area contributed by atoms with Gasteiger partial charge < -0.3 is 10.2 Å². The molecule has 1 aromatic heterocycles. The van der Waals surface area contributed by atoms with Gasteiger partial charge in [-0.15, -0.1) is 0 Å². The fourth-order valence-corrected chi connectivity index (χ4v) is 1.92. The highest BCUT2D eigenvalue weighted by Crippen LogP contribution is 2.26. The Kier molecular flexibility index (Phi) is 3.94. The fourth-order valence-electron chi connectivity index (χ4n) is 1.92. The molecule has 0 radical (unpaired) electrons. The van der Waals surface area contributed by atoms with E-state index in [2.05, 4.69) is 15.3 Å². The lowest BCUT2D eigenvalue weighted by molar-refractivity contribution is 0.612. The lowest BCUT2D eigenvalue weighted by atomic mass is 10.2. The molecule has 19 heavy (non-hydrogen) atoms. The first-order valence-electron chi connectivity index (χ1n) is 6.20. The second-order valence-corrected chi connectivity index (χ2v) is 4.20. The van der Waals surface area contributed by atoms with Crippen LogP contribution in [0.25, 0.3) is 0 Å². The number of anilines is 3. The van der Waals surface area contributed by atoms with E-state index < -0.39 is 5.82 Å². The Labute approximate surface area is 112 Å².